The summed E-state index contributed by atoms with van der Waals surface area (Å²) in [6, 6.07) is 7.39. The van der Waals surface area contributed by atoms with Gasteiger partial charge in [-0.15, -0.1) is 0 Å². The molecule has 0 unspecified atom stereocenters. The minimum absolute atomic E-state index is 0.00990. The summed E-state index contributed by atoms with van der Waals surface area (Å²) in [5.41, 5.74) is 0.750. The molecule has 1 N–H and O–H groups in total. The van der Waals surface area contributed by atoms with Crippen molar-refractivity contribution in [3.05, 3.63) is 36.0 Å². The fourth-order valence-electron chi connectivity index (χ4n) is 3.25. The molecular weight excluding hydrogens is 320 g/mol. The minimum atomic E-state index is -0.00990. The molecule has 7 nitrogen and oxygen atoms in total. The van der Waals surface area contributed by atoms with Gasteiger partial charge < -0.3 is 14.6 Å². The van der Waals surface area contributed by atoms with E-state index in [4.69, 9.17) is 9.26 Å². The number of carbonyl (C=O) groups is 1. The average Bonchev–Trinajstić information content (AvgIpc) is 3.00. The Morgan fingerprint density at radius 2 is 2.36 bits per heavy atom. The molecule has 134 valence electrons. The van der Waals surface area contributed by atoms with Gasteiger partial charge >= 0.3 is 0 Å². The van der Waals surface area contributed by atoms with Gasteiger partial charge in [-0.25, -0.2) is 0 Å². The number of hydrogen-bond donors (Lipinski definition) is 1. The number of hydrogen-bond acceptors (Lipinski definition) is 6. The van der Waals surface area contributed by atoms with Crippen LogP contribution in [0.15, 0.2) is 28.8 Å². The van der Waals surface area contributed by atoms with Gasteiger partial charge in [0.05, 0.1) is 13.7 Å². The molecule has 1 aromatic carbocycles. The van der Waals surface area contributed by atoms with E-state index in [1.165, 1.54) is 0 Å². The van der Waals surface area contributed by atoms with E-state index in [2.05, 4.69) is 20.4 Å². The highest BCUT2D eigenvalue weighted by atomic mass is 16.5. The summed E-state index contributed by atoms with van der Waals surface area (Å²) in [5, 5.41) is 6.90. The van der Waals surface area contributed by atoms with Crippen molar-refractivity contribution < 1.29 is 14.1 Å². The first kappa shape index (κ1) is 17.4. The van der Waals surface area contributed by atoms with Gasteiger partial charge in [-0.05, 0) is 37.4 Å². The van der Waals surface area contributed by atoms with Gasteiger partial charge in [0.1, 0.15) is 5.75 Å². The van der Waals surface area contributed by atoms with Gasteiger partial charge in [-0.1, -0.05) is 11.2 Å². The molecule has 0 radical (unpaired) electrons. The number of benzene rings is 1. The predicted octanol–water partition coefficient (Wildman–Crippen LogP) is 2.28. The Hall–Kier alpha value is -2.41. The van der Waals surface area contributed by atoms with Crippen LogP contribution in [-0.2, 0) is 11.2 Å². The van der Waals surface area contributed by atoms with Crippen molar-refractivity contribution in [2.24, 2.45) is 5.92 Å². The SMILES string of the molecule is COc1cccc(NC(=O)CN2CCC[C@H](Cc3noc(C)n3)C2)c1. The van der Waals surface area contributed by atoms with Crippen LogP contribution < -0.4 is 10.1 Å². The fourth-order valence-corrected chi connectivity index (χ4v) is 3.25. The zero-order chi connectivity index (χ0) is 17.6. The first-order chi connectivity index (χ1) is 12.1. The first-order valence-corrected chi connectivity index (χ1v) is 8.58. The predicted molar refractivity (Wildman–Crippen MR) is 93.5 cm³/mol. The number of aromatic nitrogens is 2. The molecule has 0 saturated carbocycles. The molecule has 1 aliphatic rings. The molecule has 3 rings (SSSR count). The number of piperidine rings is 1. The molecule has 25 heavy (non-hydrogen) atoms. The van der Waals surface area contributed by atoms with Crippen LogP contribution in [0.3, 0.4) is 0 Å². The highest BCUT2D eigenvalue weighted by molar-refractivity contribution is 5.92. The lowest BCUT2D eigenvalue weighted by molar-refractivity contribution is -0.117. The number of methoxy groups -OCH3 is 1. The van der Waals surface area contributed by atoms with Crippen LogP contribution in [0.25, 0.3) is 0 Å². The second-order valence-corrected chi connectivity index (χ2v) is 6.46. The zero-order valence-corrected chi connectivity index (χ0v) is 14.7. The van der Waals surface area contributed by atoms with E-state index < -0.39 is 0 Å². The van der Waals surface area contributed by atoms with Gasteiger partial charge in [0.15, 0.2) is 5.82 Å². The van der Waals surface area contributed by atoms with E-state index in [0.717, 1.165) is 49.6 Å². The first-order valence-electron chi connectivity index (χ1n) is 8.58. The van der Waals surface area contributed by atoms with Crippen molar-refractivity contribution in [2.75, 3.05) is 32.1 Å². The summed E-state index contributed by atoms with van der Waals surface area (Å²) in [4.78, 5) is 18.8. The largest absolute Gasteiger partial charge is 0.497 e. The molecule has 2 heterocycles. The normalized spacial score (nSPS) is 18.1. The van der Waals surface area contributed by atoms with Gasteiger partial charge in [-0.3, -0.25) is 9.69 Å². The molecule has 7 heteroatoms. The lowest BCUT2D eigenvalue weighted by atomic mass is 9.94. The van der Waals surface area contributed by atoms with Crippen molar-refractivity contribution in [1.82, 2.24) is 15.0 Å². The quantitative estimate of drug-likeness (QED) is 0.866. The van der Waals surface area contributed by atoms with Gasteiger partial charge in [0.25, 0.3) is 0 Å². The van der Waals surface area contributed by atoms with Crippen LogP contribution in [0.2, 0.25) is 0 Å². The number of ether oxygens (including phenoxy) is 1. The second kappa shape index (κ2) is 8.11. The summed E-state index contributed by atoms with van der Waals surface area (Å²) in [6.45, 7) is 4.00. The summed E-state index contributed by atoms with van der Waals surface area (Å²) in [7, 11) is 1.61. The number of anilines is 1. The Bertz CT molecular complexity index is 716. The van der Waals surface area contributed by atoms with Crippen LogP contribution in [0.4, 0.5) is 5.69 Å². The van der Waals surface area contributed by atoms with Crippen molar-refractivity contribution in [1.29, 1.82) is 0 Å². The van der Waals surface area contributed by atoms with Crippen LogP contribution in [-0.4, -0.2) is 47.7 Å². The second-order valence-electron chi connectivity index (χ2n) is 6.46. The number of amides is 1. The molecule has 0 bridgehead atoms. The average molecular weight is 344 g/mol. The van der Waals surface area contributed by atoms with Crippen LogP contribution in [0.5, 0.6) is 5.75 Å². The molecule has 2 aromatic rings. The zero-order valence-electron chi connectivity index (χ0n) is 14.7. The number of rotatable bonds is 6. The van der Waals surface area contributed by atoms with E-state index in [1.807, 2.05) is 24.3 Å². The molecule has 1 aliphatic heterocycles. The van der Waals surface area contributed by atoms with Crippen LogP contribution in [0, 0.1) is 12.8 Å². The third-order valence-corrected chi connectivity index (χ3v) is 4.36. The molecule has 1 amide bonds. The van der Waals surface area contributed by atoms with E-state index >= 15 is 0 Å². The number of nitrogens with one attached hydrogen (secondary N) is 1. The number of likely N-dealkylation sites (tertiary alicyclic amines) is 1. The van der Waals surface area contributed by atoms with Crippen molar-refractivity contribution in [3.63, 3.8) is 0 Å². The topological polar surface area (TPSA) is 80.5 Å². The monoisotopic (exact) mass is 344 g/mol. The number of carbonyl (C=O) groups excluding carboxylic acids is 1. The lowest BCUT2D eigenvalue weighted by Crippen LogP contribution is -2.41. The molecule has 1 aromatic heterocycles. The van der Waals surface area contributed by atoms with Crippen LogP contribution >= 0.6 is 0 Å². The molecule has 1 atom stereocenters. The fraction of sp³-hybridized carbons (Fsp3) is 0.500. The Morgan fingerprint density at radius 3 is 3.12 bits per heavy atom. The van der Waals surface area contributed by atoms with Crippen molar-refractivity contribution in [2.45, 2.75) is 26.2 Å². The van der Waals surface area contributed by atoms with Crippen molar-refractivity contribution in [3.8, 4) is 5.75 Å². The highest BCUT2D eigenvalue weighted by Gasteiger charge is 2.23. The van der Waals surface area contributed by atoms with Gasteiger partial charge in [0.2, 0.25) is 11.8 Å². The number of aryl methyl sites for hydroxylation is 1. The Morgan fingerprint density at radius 1 is 1.48 bits per heavy atom. The number of nitrogens with zero attached hydrogens (tertiary/aromatic N) is 3. The third kappa shape index (κ3) is 5.03. The maximum absolute atomic E-state index is 12.3. The van der Waals surface area contributed by atoms with E-state index in [0.29, 0.717) is 18.4 Å². The molecule has 1 saturated heterocycles. The van der Waals surface area contributed by atoms with E-state index in [9.17, 15) is 4.79 Å². The summed E-state index contributed by atoms with van der Waals surface area (Å²) in [6.07, 6.45) is 3.00. The maximum Gasteiger partial charge on any atom is 0.238 e. The van der Waals surface area contributed by atoms with Gasteiger partial charge in [0, 0.05) is 31.6 Å². The Kier molecular flexibility index (Phi) is 5.65. The van der Waals surface area contributed by atoms with Crippen LogP contribution in [0.1, 0.15) is 24.6 Å². The summed E-state index contributed by atoms with van der Waals surface area (Å²) >= 11 is 0. The Labute approximate surface area is 147 Å². The maximum atomic E-state index is 12.3. The third-order valence-electron chi connectivity index (χ3n) is 4.36. The molecule has 1 fully saturated rings. The lowest BCUT2D eigenvalue weighted by Gasteiger charge is -2.31. The smallest absolute Gasteiger partial charge is 0.238 e. The minimum Gasteiger partial charge on any atom is -0.497 e. The van der Waals surface area contributed by atoms with E-state index in [-0.39, 0.29) is 5.91 Å². The van der Waals surface area contributed by atoms with E-state index in [1.54, 1.807) is 14.0 Å². The molecule has 0 spiro atoms. The van der Waals surface area contributed by atoms with Gasteiger partial charge in [-0.2, -0.15) is 4.98 Å². The standard InChI is InChI=1S/C18H24N4O3/c1-13-19-17(21-25-13)9-14-5-4-8-22(11-14)12-18(23)20-15-6-3-7-16(10-15)24-2/h3,6-7,10,14H,4-5,8-9,11-12H2,1-2H3,(H,20,23)/t14-/m1/s1. The highest BCUT2D eigenvalue weighted by Crippen LogP contribution is 2.20. The molecule has 0 aliphatic carbocycles. The Balaban J connectivity index is 1.50. The summed E-state index contributed by atoms with van der Waals surface area (Å²) < 4.78 is 10.2. The molecular formula is C18H24N4O3. The van der Waals surface area contributed by atoms with Crippen molar-refractivity contribution >= 4 is 11.6 Å². The summed E-state index contributed by atoms with van der Waals surface area (Å²) in [5.74, 6) is 2.52.